The van der Waals surface area contributed by atoms with Gasteiger partial charge in [0.2, 0.25) is 5.91 Å². The number of piperazine rings is 1. The van der Waals surface area contributed by atoms with E-state index in [4.69, 9.17) is 0 Å². The molecule has 0 bridgehead atoms. The number of nitrogens with zero attached hydrogens (tertiary/aromatic N) is 4. The maximum absolute atomic E-state index is 13.3. The smallest absolute Gasteiger partial charge is 0.313 e. The molecule has 1 fully saturated rings. The molecule has 1 aliphatic rings. The Balaban J connectivity index is 1.61. The van der Waals surface area contributed by atoms with Crippen LogP contribution < -0.4 is 5.32 Å². The van der Waals surface area contributed by atoms with Crippen molar-refractivity contribution in [2.24, 2.45) is 5.41 Å². The molecule has 4 rings (SSSR count). The highest BCUT2D eigenvalue weighted by Crippen LogP contribution is 2.31. The third-order valence-electron chi connectivity index (χ3n) is 5.90. The number of benzene rings is 1. The van der Waals surface area contributed by atoms with Gasteiger partial charge in [0.25, 0.3) is 0 Å². The molecule has 0 saturated carbocycles. The Labute approximate surface area is 192 Å². The Morgan fingerprint density at radius 2 is 1.76 bits per heavy atom. The summed E-state index contributed by atoms with van der Waals surface area (Å²) in [5.41, 5.74) is 1.39. The lowest BCUT2D eigenvalue weighted by molar-refractivity contribution is -0.154. The molecule has 0 aliphatic carbocycles. The van der Waals surface area contributed by atoms with Crippen molar-refractivity contribution in [1.82, 2.24) is 25.0 Å². The fourth-order valence-corrected chi connectivity index (χ4v) is 4.15. The summed E-state index contributed by atoms with van der Waals surface area (Å²) in [4.78, 5) is 46.9. The SMILES string of the molecule is C[C@@H]1CN(C(=O)C(=O)Nc2cncc3[nH]ncc23)[C@@H](c2ccccc2)CN1C(=O)C(C)(C)C. The van der Waals surface area contributed by atoms with Crippen molar-refractivity contribution >= 4 is 34.3 Å². The van der Waals surface area contributed by atoms with Gasteiger partial charge in [-0.25, -0.2) is 0 Å². The third-order valence-corrected chi connectivity index (χ3v) is 5.90. The van der Waals surface area contributed by atoms with Crippen LogP contribution in [-0.4, -0.2) is 61.8 Å². The van der Waals surface area contributed by atoms with Gasteiger partial charge in [-0.05, 0) is 12.5 Å². The van der Waals surface area contributed by atoms with Crippen molar-refractivity contribution in [3.05, 3.63) is 54.5 Å². The number of aromatic amines is 1. The first kappa shape index (κ1) is 22.4. The number of hydrogen-bond donors (Lipinski definition) is 2. The van der Waals surface area contributed by atoms with Crippen molar-refractivity contribution in [3.8, 4) is 0 Å². The zero-order chi connectivity index (χ0) is 23.8. The van der Waals surface area contributed by atoms with E-state index in [1.165, 1.54) is 6.20 Å². The molecule has 1 aromatic carbocycles. The number of nitrogens with one attached hydrogen (secondary N) is 2. The van der Waals surface area contributed by atoms with Crippen molar-refractivity contribution in [2.45, 2.75) is 39.8 Å². The number of fused-ring (bicyclic) bond motifs is 1. The van der Waals surface area contributed by atoms with Crippen LogP contribution in [0, 0.1) is 5.41 Å². The topological polar surface area (TPSA) is 111 Å². The number of pyridine rings is 1. The first-order valence-corrected chi connectivity index (χ1v) is 10.9. The van der Waals surface area contributed by atoms with Crippen LogP contribution in [0.2, 0.25) is 0 Å². The first-order chi connectivity index (χ1) is 15.7. The minimum absolute atomic E-state index is 0.0187. The maximum Gasteiger partial charge on any atom is 0.313 e. The van der Waals surface area contributed by atoms with E-state index in [1.807, 2.05) is 62.9 Å². The highest BCUT2D eigenvalue weighted by atomic mass is 16.2. The molecule has 2 aromatic heterocycles. The summed E-state index contributed by atoms with van der Waals surface area (Å²) in [5, 5.41) is 10.1. The monoisotopic (exact) mass is 448 g/mol. The molecule has 9 heteroatoms. The Morgan fingerprint density at radius 1 is 1.03 bits per heavy atom. The third kappa shape index (κ3) is 4.44. The molecule has 3 amide bonds. The van der Waals surface area contributed by atoms with Crippen LogP contribution >= 0.6 is 0 Å². The van der Waals surface area contributed by atoms with E-state index in [-0.39, 0.29) is 18.5 Å². The lowest BCUT2D eigenvalue weighted by Crippen LogP contribution is -2.60. The fraction of sp³-hybridized carbons (Fsp3) is 0.375. The zero-order valence-electron chi connectivity index (χ0n) is 19.2. The van der Waals surface area contributed by atoms with Crippen LogP contribution in [0.15, 0.2) is 48.9 Å². The second-order valence-corrected chi connectivity index (χ2v) is 9.41. The largest absolute Gasteiger partial charge is 0.335 e. The van der Waals surface area contributed by atoms with Gasteiger partial charge in [-0.15, -0.1) is 0 Å². The predicted molar refractivity (Wildman–Crippen MR) is 124 cm³/mol. The predicted octanol–water partition coefficient (Wildman–Crippen LogP) is 2.74. The highest BCUT2D eigenvalue weighted by Gasteiger charge is 2.41. The highest BCUT2D eigenvalue weighted by molar-refractivity contribution is 6.40. The van der Waals surface area contributed by atoms with Gasteiger partial charge in [0.15, 0.2) is 0 Å². The summed E-state index contributed by atoms with van der Waals surface area (Å²) >= 11 is 0. The first-order valence-electron chi connectivity index (χ1n) is 10.9. The van der Waals surface area contributed by atoms with Crippen LogP contribution in [0.4, 0.5) is 5.69 Å². The number of anilines is 1. The van der Waals surface area contributed by atoms with Gasteiger partial charge in [-0.2, -0.15) is 5.10 Å². The summed E-state index contributed by atoms with van der Waals surface area (Å²) in [5.74, 6) is -1.39. The number of amides is 3. The van der Waals surface area contributed by atoms with Crippen molar-refractivity contribution in [1.29, 1.82) is 0 Å². The molecule has 33 heavy (non-hydrogen) atoms. The molecule has 9 nitrogen and oxygen atoms in total. The Bertz CT molecular complexity index is 1180. The molecular formula is C24H28N6O3. The molecule has 3 heterocycles. The van der Waals surface area contributed by atoms with Crippen molar-refractivity contribution < 1.29 is 14.4 Å². The molecule has 2 N–H and O–H groups in total. The summed E-state index contributed by atoms with van der Waals surface area (Å²) in [6.45, 7) is 8.12. The Kier molecular flexibility index (Phi) is 5.88. The summed E-state index contributed by atoms with van der Waals surface area (Å²) in [7, 11) is 0. The molecule has 3 aromatic rings. The van der Waals surface area contributed by atoms with E-state index in [9.17, 15) is 14.4 Å². The fourth-order valence-electron chi connectivity index (χ4n) is 4.15. The Hall–Kier alpha value is -3.75. The van der Waals surface area contributed by atoms with Crippen molar-refractivity contribution in [3.63, 3.8) is 0 Å². The van der Waals surface area contributed by atoms with E-state index >= 15 is 0 Å². The second-order valence-electron chi connectivity index (χ2n) is 9.41. The molecule has 0 radical (unpaired) electrons. The molecule has 1 aliphatic heterocycles. The number of carbonyl (C=O) groups is 3. The van der Waals surface area contributed by atoms with Crippen LogP contribution in [-0.2, 0) is 14.4 Å². The van der Waals surface area contributed by atoms with Gasteiger partial charge in [0.05, 0.1) is 35.8 Å². The van der Waals surface area contributed by atoms with E-state index in [1.54, 1.807) is 17.3 Å². The van der Waals surface area contributed by atoms with E-state index in [0.29, 0.717) is 23.1 Å². The van der Waals surface area contributed by atoms with Gasteiger partial charge in [0, 0.05) is 29.9 Å². The minimum atomic E-state index is -0.755. The normalized spacial score (nSPS) is 18.9. The van der Waals surface area contributed by atoms with Gasteiger partial charge in [-0.3, -0.25) is 24.5 Å². The van der Waals surface area contributed by atoms with E-state index in [0.717, 1.165) is 5.56 Å². The number of H-pyrrole nitrogens is 1. The van der Waals surface area contributed by atoms with E-state index < -0.39 is 23.3 Å². The second kappa shape index (κ2) is 8.65. The van der Waals surface area contributed by atoms with E-state index in [2.05, 4.69) is 20.5 Å². The molecule has 0 unspecified atom stereocenters. The summed E-state index contributed by atoms with van der Waals surface area (Å²) in [6, 6.07) is 8.82. The Morgan fingerprint density at radius 3 is 2.45 bits per heavy atom. The summed E-state index contributed by atoms with van der Waals surface area (Å²) < 4.78 is 0. The number of hydrogen-bond acceptors (Lipinski definition) is 5. The number of rotatable bonds is 2. The van der Waals surface area contributed by atoms with Crippen LogP contribution in [0.25, 0.3) is 10.9 Å². The average Bonchev–Trinajstić information content (AvgIpc) is 3.28. The lowest BCUT2D eigenvalue weighted by Gasteiger charge is -2.46. The van der Waals surface area contributed by atoms with Gasteiger partial charge in [-0.1, -0.05) is 51.1 Å². The quantitative estimate of drug-likeness (QED) is 0.586. The van der Waals surface area contributed by atoms with Crippen LogP contribution in [0.1, 0.15) is 39.3 Å². The number of aromatic nitrogens is 3. The summed E-state index contributed by atoms with van der Waals surface area (Å²) in [6.07, 6.45) is 4.65. The molecule has 1 saturated heterocycles. The molecule has 0 spiro atoms. The molecular weight excluding hydrogens is 420 g/mol. The maximum atomic E-state index is 13.3. The van der Waals surface area contributed by atoms with Gasteiger partial charge in [0.1, 0.15) is 0 Å². The van der Waals surface area contributed by atoms with Crippen LogP contribution in [0.3, 0.4) is 0 Å². The minimum Gasteiger partial charge on any atom is -0.335 e. The molecule has 2 atom stereocenters. The zero-order valence-corrected chi connectivity index (χ0v) is 19.2. The molecule has 172 valence electrons. The number of carbonyl (C=O) groups excluding carboxylic acids is 3. The van der Waals surface area contributed by atoms with Gasteiger partial charge < -0.3 is 15.1 Å². The standard InChI is InChI=1S/C24H28N6O3/c1-15-13-30(22(32)21(31)27-18-11-25-12-19-17(18)10-26-28-19)20(16-8-6-5-7-9-16)14-29(15)23(33)24(2,3)4/h5-12,15,20H,13-14H2,1-4H3,(H,26,28)(H,27,31)/t15-,20-/m1/s1. The van der Waals surface area contributed by atoms with Crippen LogP contribution in [0.5, 0.6) is 0 Å². The van der Waals surface area contributed by atoms with Gasteiger partial charge >= 0.3 is 11.8 Å². The lowest BCUT2D eigenvalue weighted by atomic mass is 9.91. The van der Waals surface area contributed by atoms with Crippen molar-refractivity contribution in [2.75, 3.05) is 18.4 Å². The average molecular weight is 449 g/mol.